The molecule has 1 N–H and O–H groups in total. The van der Waals surface area contributed by atoms with Crippen LogP contribution in [0.4, 0.5) is 0 Å². The van der Waals surface area contributed by atoms with E-state index in [9.17, 15) is 0 Å². The molecule has 0 bridgehead atoms. The Balaban J connectivity index is 2.10. The van der Waals surface area contributed by atoms with E-state index in [2.05, 4.69) is 62.3 Å². The van der Waals surface area contributed by atoms with Crippen LogP contribution in [-0.4, -0.2) is 66.6 Å². The number of nitrogens with one attached hydrogen (secondary N) is 1. The maximum absolute atomic E-state index is 5.65. The van der Waals surface area contributed by atoms with Crippen molar-refractivity contribution < 1.29 is 18.9 Å². The van der Waals surface area contributed by atoms with E-state index in [4.69, 9.17) is 18.9 Å². The van der Waals surface area contributed by atoms with Gasteiger partial charge in [0, 0.05) is 18.5 Å². The molecule has 0 spiro atoms. The highest BCUT2D eigenvalue weighted by molar-refractivity contribution is 5.46. The highest BCUT2D eigenvalue weighted by Crippen LogP contribution is 2.40. The zero-order chi connectivity index (χ0) is 26.6. The number of methoxy groups -OCH3 is 4. The summed E-state index contributed by atoms with van der Waals surface area (Å²) in [5.41, 5.74) is 2.58. The predicted molar refractivity (Wildman–Crippen MR) is 149 cm³/mol. The minimum Gasteiger partial charge on any atom is -0.493 e. The quantitative estimate of drug-likeness (QED) is 0.287. The van der Waals surface area contributed by atoms with Crippen LogP contribution >= 0.6 is 0 Å². The predicted octanol–water partition coefficient (Wildman–Crippen LogP) is 5.57. The highest BCUT2D eigenvalue weighted by Gasteiger charge is 2.35. The molecule has 2 rings (SSSR count). The van der Waals surface area contributed by atoms with Crippen LogP contribution in [0.25, 0.3) is 0 Å². The van der Waals surface area contributed by atoms with E-state index in [1.54, 1.807) is 28.4 Å². The molecule has 6 heteroatoms. The minimum atomic E-state index is 0.0128. The molecule has 2 aromatic rings. The Hall–Kier alpha value is -2.44. The number of hydrogen-bond donors (Lipinski definition) is 1. The first-order valence-corrected chi connectivity index (χ1v) is 13.2. The van der Waals surface area contributed by atoms with Gasteiger partial charge in [0.25, 0.3) is 0 Å². The van der Waals surface area contributed by atoms with Crippen LogP contribution in [0.5, 0.6) is 23.0 Å². The van der Waals surface area contributed by atoms with Gasteiger partial charge in [-0.15, -0.1) is 0 Å². The molecule has 0 saturated carbocycles. The fourth-order valence-electron chi connectivity index (χ4n) is 4.93. The van der Waals surface area contributed by atoms with Crippen molar-refractivity contribution in [3.63, 3.8) is 0 Å². The first kappa shape index (κ1) is 29.8. The SMILES string of the molecule is CCCNCC(CCCN(C)CCc1ccc(OC)c(OC)c1)(c1ccc(OC)c(OC)c1)C(C)C. The normalized spacial score (nSPS) is 13.1. The fraction of sp³-hybridized carbons (Fsp3) is 0.600. The average molecular weight is 501 g/mol. The number of ether oxygens (including phenoxy) is 4. The van der Waals surface area contributed by atoms with Gasteiger partial charge in [-0.3, -0.25) is 0 Å². The van der Waals surface area contributed by atoms with Crippen molar-refractivity contribution in [2.75, 3.05) is 61.7 Å². The van der Waals surface area contributed by atoms with Gasteiger partial charge in [0.05, 0.1) is 28.4 Å². The standard InChI is InChI=1S/C30H48N2O4/c1-9-17-31-22-30(23(2)3,25-12-14-27(34-6)29(21-25)36-8)16-10-18-32(4)19-15-24-11-13-26(33-5)28(20-24)35-7/h11-14,20-21,23,31H,9-10,15-19,22H2,1-8H3. The van der Waals surface area contributed by atoms with Crippen molar-refractivity contribution >= 4 is 0 Å². The molecule has 0 heterocycles. The lowest BCUT2D eigenvalue weighted by molar-refractivity contribution is 0.241. The minimum absolute atomic E-state index is 0.0128. The molecule has 1 unspecified atom stereocenters. The maximum Gasteiger partial charge on any atom is 0.161 e. The number of rotatable bonds is 17. The smallest absolute Gasteiger partial charge is 0.161 e. The molecule has 0 aliphatic heterocycles. The molecule has 1 atom stereocenters. The summed E-state index contributed by atoms with van der Waals surface area (Å²) < 4.78 is 22.0. The van der Waals surface area contributed by atoms with E-state index < -0.39 is 0 Å². The van der Waals surface area contributed by atoms with Crippen LogP contribution < -0.4 is 24.3 Å². The van der Waals surface area contributed by atoms with Crippen LogP contribution in [0.15, 0.2) is 36.4 Å². The second-order valence-corrected chi connectivity index (χ2v) is 9.90. The molecule has 202 valence electrons. The summed E-state index contributed by atoms with van der Waals surface area (Å²) >= 11 is 0. The molecule has 0 aromatic heterocycles. The van der Waals surface area contributed by atoms with Gasteiger partial charge in [-0.1, -0.05) is 32.9 Å². The molecular formula is C30H48N2O4. The average Bonchev–Trinajstić information content (AvgIpc) is 2.90. The first-order valence-electron chi connectivity index (χ1n) is 13.2. The third-order valence-corrected chi connectivity index (χ3v) is 7.32. The van der Waals surface area contributed by atoms with Crippen molar-refractivity contribution in [1.29, 1.82) is 0 Å². The van der Waals surface area contributed by atoms with Gasteiger partial charge < -0.3 is 29.2 Å². The van der Waals surface area contributed by atoms with Crippen molar-refractivity contribution in [2.24, 2.45) is 5.92 Å². The van der Waals surface area contributed by atoms with Crippen molar-refractivity contribution in [3.05, 3.63) is 47.5 Å². The van der Waals surface area contributed by atoms with Crippen molar-refractivity contribution in [1.82, 2.24) is 10.2 Å². The summed E-state index contributed by atoms with van der Waals surface area (Å²) in [5, 5.41) is 3.72. The lowest BCUT2D eigenvalue weighted by Gasteiger charge is -2.39. The monoisotopic (exact) mass is 500 g/mol. The van der Waals surface area contributed by atoms with E-state index in [0.717, 1.165) is 74.9 Å². The Morgan fingerprint density at radius 1 is 0.833 bits per heavy atom. The Labute approximate surface area is 219 Å². The first-order chi connectivity index (χ1) is 17.3. The summed E-state index contributed by atoms with van der Waals surface area (Å²) in [6, 6.07) is 12.6. The summed E-state index contributed by atoms with van der Waals surface area (Å²) in [6.07, 6.45) is 4.30. The van der Waals surface area contributed by atoms with Gasteiger partial charge in [0.1, 0.15) is 0 Å². The molecule has 0 aliphatic rings. The van der Waals surface area contributed by atoms with Crippen LogP contribution in [0, 0.1) is 5.92 Å². The third-order valence-electron chi connectivity index (χ3n) is 7.32. The van der Waals surface area contributed by atoms with Crippen LogP contribution in [0.3, 0.4) is 0 Å². The highest BCUT2D eigenvalue weighted by atomic mass is 16.5. The summed E-state index contributed by atoms with van der Waals surface area (Å²) in [4.78, 5) is 2.43. The second-order valence-electron chi connectivity index (χ2n) is 9.90. The molecule has 0 aliphatic carbocycles. The fourth-order valence-corrected chi connectivity index (χ4v) is 4.93. The van der Waals surface area contributed by atoms with E-state index in [1.807, 2.05) is 12.1 Å². The van der Waals surface area contributed by atoms with Crippen molar-refractivity contribution in [2.45, 2.75) is 51.9 Å². The number of hydrogen-bond acceptors (Lipinski definition) is 6. The molecule has 36 heavy (non-hydrogen) atoms. The van der Waals surface area contributed by atoms with Gasteiger partial charge >= 0.3 is 0 Å². The lowest BCUT2D eigenvalue weighted by atomic mass is 9.68. The van der Waals surface area contributed by atoms with Gasteiger partial charge in [0.15, 0.2) is 23.0 Å². The van der Waals surface area contributed by atoms with E-state index in [1.165, 1.54) is 11.1 Å². The van der Waals surface area contributed by atoms with Gasteiger partial charge in [-0.05, 0) is 87.1 Å². The molecule has 0 fully saturated rings. The molecular weight excluding hydrogens is 452 g/mol. The van der Waals surface area contributed by atoms with Crippen LogP contribution in [0.1, 0.15) is 51.2 Å². The van der Waals surface area contributed by atoms with Gasteiger partial charge in [0.2, 0.25) is 0 Å². The topological polar surface area (TPSA) is 52.2 Å². The number of benzene rings is 2. The maximum atomic E-state index is 5.65. The zero-order valence-electron chi connectivity index (χ0n) is 23.8. The van der Waals surface area contributed by atoms with Crippen LogP contribution in [0.2, 0.25) is 0 Å². The molecule has 0 amide bonds. The van der Waals surface area contributed by atoms with Gasteiger partial charge in [-0.2, -0.15) is 0 Å². The molecule has 2 aromatic carbocycles. The molecule has 0 saturated heterocycles. The van der Waals surface area contributed by atoms with E-state index >= 15 is 0 Å². The number of nitrogens with zero attached hydrogens (tertiary/aromatic N) is 1. The van der Waals surface area contributed by atoms with E-state index in [0.29, 0.717) is 5.92 Å². The largest absolute Gasteiger partial charge is 0.493 e. The summed E-state index contributed by atoms with van der Waals surface area (Å²) in [5.74, 6) is 3.59. The second kappa shape index (κ2) is 15.0. The van der Waals surface area contributed by atoms with Crippen molar-refractivity contribution in [3.8, 4) is 23.0 Å². The molecule has 6 nitrogen and oxygen atoms in total. The Morgan fingerprint density at radius 2 is 1.44 bits per heavy atom. The Bertz CT molecular complexity index is 918. The summed E-state index contributed by atoms with van der Waals surface area (Å²) in [7, 11) is 8.96. The summed E-state index contributed by atoms with van der Waals surface area (Å²) in [6.45, 7) is 10.9. The lowest BCUT2D eigenvalue weighted by Crippen LogP contribution is -2.43. The number of likely N-dealkylation sites (N-methyl/N-ethyl adjacent to an activating group) is 1. The third kappa shape index (κ3) is 7.78. The van der Waals surface area contributed by atoms with Gasteiger partial charge in [-0.25, -0.2) is 0 Å². The van der Waals surface area contributed by atoms with Crippen LogP contribution in [-0.2, 0) is 11.8 Å². The molecule has 0 radical (unpaired) electrons. The Morgan fingerprint density at radius 3 is 2.03 bits per heavy atom. The zero-order valence-corrected chi connectivity index (χ0v) is 23.8. The van der Waals surface area contributed by atoms with E-state index in [-0.39, 0.29) is 5.41 Å². The Kier molecular flexibility index (Phi) is 12.4.